The van der Waals surface area contributed by atoms with Crippen LogP contribution in [0.15, 0.2) is 18.2 Å². The van der Waals surface area contributed by atoms with Crippen molar-refractivity contribution in [2.45, 2.75) is 57.7 Å². The summed E-state index contributed by atoms with van der Waals surface area (Å²) in [6.45, 7) is 4.58. The number of fused-ring (bicyclic) bond motifs is 2. The smallest absolute Gasteiger partial charge is 0.238 e. The molecule has 2 aliphatic heterocycles. The normalized spacial score (nSPS) is 27.2. The van der Waals surface area contributed by atoms with Crippen LogP contribution in [0.5, 0.6) is 0 Å². The number of aryl methyl sites for hydroxylation is 2. The van der Waals surface area contributed by atoms with Gasteiger partial charge in [0.25, 0.3) is 0 Å². The third kappa shape index (κ3) is 3.50. The number of rotatable bonds is 4. The summed E-state index contributed by atoms with van der Waals surface area (Å²) in [5, 5.41) is 6.70. The van der Waals surface area contributed by atoms with Gasteiger partial charge in [0.05, 0.1) is 6.54 Å². The molecule has 0 aromatic heterocycles. The Labute approximate surface area is 133 Å². The lowest BCUT2D eigenvalue weighted by Crippen LogP contribution is -2.48. The first kappa shape index (κ1) is 15.5. The minimum absolute atomic E-state index is 0.0836. The number of carbonyl (C=O) groups excluding carboxylic acids is 1. The van der Waals surface area contributed by atoms with Crippen molar-refractivity contribution in [1.82, 2.24) is 10.2 Å². The lowest BCUT2D eigenvalue weighted by atomic mass is 9.98. The van der Waals surface area contributed by atoms with E-state index in [2.05, 4.69) is 35.6 Å². The fourth-order valence-corrected chi connectivity index (χ4v) is 3.89. The summed E-state index contributed by atoms with van der Waals surface area (Å²) in [6, 6.07) is 7.99. The maximum absolute atomic E-state index is 12.3. The molecule has 2 heterocycles. The van der Waals surface area contributed by atoms with E-state index in [9.17, 15) is 4.79 Å². The quantitative estimate of drug-likeness (QED) is 0.898. The molecule has 2 aliphatic rings. The number of likely N-dealkylation sites (N-methyl/N-ethyl adjacent to an activating group) is 1. The molecule has 2 N–H and O–H groups in total. The zero-order valence-electron chi connectivity index (χ0n) is 13.9. The van der Waals surface area contributed by atoms with Crippen molar-refractivity contribution < 1.29 is 4.79 Å². The van der Waals surface area contributed by atoms with E-state index in [4.69, 9.17) is 0 Å². The monoisotopic (exact) mass is 301 g/mol. The molecular formula is C18H27N3O. The van der Waals surface area contributed by atoms with Gasteiger partial charge in [-0.2, -0.15) is 0 Å². The predicted octanol–water partition coefficient (Wildman–Crippen LogP) is 2.46. The molecule has 0 aliphatic carbocycles. The fraction of sp³-hybridized carbons (Fsp3) is 0.611. The van der Waals surface area contributed by atoms with Crippen LogP contribution >= 0.6 is 0 Å². The van der Waals surface area contributed by atoms with Gasteiger partial charge in [-0.05, 0) is 58.2 Å². The standard InChI is InChI=1S/C18H27N3O/c1-12-4-7-17(13(2)8-12)20-18(22)11-21(3)16-9-14-5-6-15(10-16)19-14/h4,7-8,14-16,19H,5-6,9-11H2,1-3H3,(H,20,22). The highest BCUT2D eigenvalue weighted by Crippen LogP contribution is 2.29. The van der Waals surface area contributed by atoms with Crippen LogP contribution in [0.3, 0.4) is 0 Å². The second kappa shape index (κ2) is 6.39. The van der Waals surface area contributed by atoms with Gasteiger partial charge in [-0.15, -0.1) is 0 Å². The van der Waals surface area contributed by atoms with Gasteiger partial charge in [-0.1, -0.05) is 17.7 Å². The predicted molar refractivity (Wildman–Crippen MR) is 90.1 cm³/mol. The number of anilines is 1. The molecule has 0 spiro atoms. The van der Waals surface area contributed by atoms with Gasteiger partial charge in [0.15, 0.2) is 0 Å². The largest absolute Gasteiger partial charge is 0.325 e. The van der Waals surface area contributed by atoms with E-state index >= 15 is 0 Å². The topological polar surface area (TPSA) is 44.4 Å². The van der Waals surface area contributed by atoms with Gasteiger partial charge in [0.1, 0.15) is 0 Å². The van der Waals surface area contributed by atoms with Crippen molar-refractivity contribution >= 4 is 11.6 Å². The van der Waals surface area contributed by atoms with Crippen molar-refractivity contribution in [3.63, 3.8) is 0 Å². The molecule has 2 unspecified atom stereocenters. The van der Waals surface area contributed by atoms with Crippen molar-refractivity contribution in [1.29, 1.82) is 0 Å². The number of nitrogens with zero attached hydrogens (tertiary/aromatic N) is 1. The summed E-state index contributed by atoms with van der Waals surface area (Å²) in [5.74, 6) is 0.0836. The molecule has 0 radical (unpaired) electrons. The van der Waals surface area contributed by atoms with Gasteiger partial charge in [0, 0.05) is 23.8 Å². The highest BCUT2D eigenvalue weighted by Gasteiger charge is 2.35. The molecule has 1 amide bonds. The molecule has 2 atom stereocenters. The van der Waals surface area contributed by atoms with Gasteiger partial charge < -0.3 is 10.6 Å². The summed E-state index contributed by atoms with van der Waals surface area (Å²) in [5.41, 5.74) is 3.27. The molecule has 120 valence electrons. The first-order valence-corrected chi connectivity index (χ1v) is 8.34. The van der Waals surface area contributed by atoms with E-state index in [-0.39, 0.29) is 5.91 Å². The fourth-order valence-electron chi connectivity index (χ4n) is 3.89. The molecule has 1 aromatic carbocycles. The van der Waals surface area contributed by atoms with E-state index < -0.39 is 0 Å². The van der Waals surface area contributed by atoms with Crippen LogP contribution in [-0.2, 0) is 4.79 Å². The van der Waals surface area contributed by atoms with Crippen LogP contribution in [0, 0.1) is 13.8 Å². The zero-order chi connectivity index (χ0) is 15.7. The Morgan fingerprint density at radius 3 is 2.59 bits per heavy atom. The minimum atomic E-state index is 0.0836. The molecule has 22 heavy (non-hydrogen) atoms. The molecule has 2 saturated heterocycles. The molecule has 4 nitrogen and oxygen atoms in total. The maximum atomic E-state index is 12.3. The number of benzene rings is 1. The molecule has 1 aromatic rings. The Morgan fingerprint density at radius 1 is 1.27 bits per heavy atom. The summed E-state index contributed by atoms with van der Waals surface area (Å²) in [6.07, 6.45) is 4.93. The van der Waals surface area contributed by atoms with Crippen molar-refractivity contribution in [3.05, 3.63) is 29.3 Å². The molecule has 2 fully saturated rings. The first-order valence-electron chi connectivity index (χ1n) is 8.34. The number of amides is 1. The van der Waals surface area contributed by atoms with Crippen LogP contribution in [-0.4, -0.2) is 42.5 Å². The third-order valence-corrected chi connectivity index (χ3v) is 5.12. The first-order chi connectivity index (χ1) is 10.5. The van der Waals surface area contributed by atoms with Gasteiger partial charge in [-0.3, -0.25) is 9.69 Å². The molecule has 4 heteroatoms. The van der Waals surface area contributed by atoms with E-state index in [1.807, 2.05) is 19.1 Å². The SMILES string of the molecule is Cc1ccc(NC(=O)CN(C)C2CC3CCC(C2)N3)c(C)c1. The number of hydrogen-bond acceptors (Lipinski definition) is 3. The van der Waals surface area contributed by atoms with Gasteiger partial charge in [0.2, 0.25) is 5.91 Å². The van der Waals surface area contributed by atoms with E-state index in [1.165, 1.54) is 31.2 Å². The van der Waals surface area contributed by atoms with Crippen molar-refractivity contribution in [2.75, 3.05) is 18.9 Å². The van der Waals surface area contributed by atoms with E-state index in [0.717, 1.165) is 11.3 Å². The van der Waals surface area contributed by atoms with E-state index in [0.29, 0.717) is 24.7 Å². The lowest BCUT2D eigenvalue weighted by Gasteiger charge is -2.35. The van der Waals surface area contributed by atoms with Gasteiger partial charge >= 0.3 is 0 Å². The maximum Gasteiger partial charge on any atom is 0.238 e. The highest BCUT2D eigenvalue weighted by molar-refractivity contribution is 5.93. The van der Waals surface area contributed by atoms with Crippen LogP contribution in [0.4, 0.5) is 5.69 Å². The minimum Gasteiger partial charge on any atom is -0.325 e. The number of carbonyl (C=O) groups is 1. The molecule has 2 bridgehead atoms. The molecular weight excluding hydrogens is 274 g/mol. The van der Waals surface area contributed by atoms with E-state index in [1.54, 1.807) is 0 Å². The molecule has 0 saturated carbocycles. The summed E-state index contributed by atoms with van der Waals surface area (Å²) in [7, 11) is 2.08. The number of piperidine rings is 1. The Hall–Kier alpha value is -1.39. The van der Waals surface area contributed by atoms with Crippen LogP contribution in [0.2, 0.25) is 0 Å². The Morgan fingerprint density at radius 2 is 1.95 bits per heavy atom. The number of hydrogen-bond donors (Lipinski definition) is 2. The molecule has 3 rings (SSSR count). The van der Waals surface area contributed by atoms with Crippen LogP contribution in [0.25, 0.3) is 0 Å². The second-order valence-corrected chi connectivity index (χ2v) is 7.04. The summed E-state index contributed by atoms with van der Waals surface area (Å²) in [4.78, 5) is 14.5. The Kier molecular flexibility index (Phi) is 4.50. The average Bonchev–Trinajstić information content (AvgIpc) is 2.80. The highest BCUT2D eigenvalue weighted by atomic mass is 16.2. The van der Waals surface area contributed by atoms with Gasteiger partial charge in [-0.25, -0.2) is 0 Å². The summed E-state index contributed by atoms with van der Waals surface area (Å²) < 4.78 is 0. The summed E-state index contributed by atoms with van der Waals surface area (Å²) >= 11 is 0. The Bertz CT molecular complexity index is 545. The lowest BCUT2D eigenvalue weighted by molar-refractivity contribution is -0.117. The van der Waals surface area contributed by atoms with Crippen molar-refractivity contribution in [2.24, 2.45) is 0 Å². The zero-order valence-corrected chi connectivity index (χ0v) is 13.9. The van der Waals surface area contributed by atoms with Crippen molar-refractivity contribution in [3.8, 4) is 0 Å². The number of nitrogens with one attached hydrogen (secondary N) is 2. The van der Waals surface area contributed by atoms with Crippen LogP contribution < -0.4 is 10.6 Å². The Balaban J connectivity index is 1.55. The van der Waals surface area contributed by atoms with Crippen LogP contribution in [0.1, 0.15) is 36.8 Å². The average molecular weight is 301 g/mol. The second-order valence-electron chi connectivity index (χ2n) is 7.04. The third-order valence-electron chi connectivity index (χ3n) is 5.12.